The Morgan fingerprint density at radius 3 is 2.68 bits per heavy atom. The number of carbonyl (C=O) groups is 1. The smallest absolute Gasteiger partial charge is 0.246 e. The third-order valence-corrected chi connectivity index (χ3v) is 11.1. The monoisotopic (exact) mass is 579 g/mol. The number of benzene rings is 2. The average Bonchev–Trinajstić information content (AvgIpc) is 3.56. The standard InChI is InChI=1S/C31H42FN5O3Si/c1-22-28(13-12-23-8-7-11-25(18-23)37-17-15-33-19-30(37)39)40-29(31(22)41(2,3)32)14-16-36-20-27(34-35-36)26(21-38)24-9-5-4-6-10-24/h4-11,18,20,22,26,28-29,31,33,38H,12-17,19,21H2,1-3H3/t22-,26?,28+,29-,31+/m1/s1. The Hall–Kier alpha value is -2.92. The molecule has 1 aromatic heterocycles. The highest BCUT2D eigenvalue weighted by Crippen LogP contribution is 2.47. The van der Waals surface area contributed by atoms with E-state index in [-0.39, 0.29) is 42.1 Å². The molecule has 2 saturated heterocycles. The summed E-state index contributed by atoms with van der Waals surface area (Å²) in [5.74, 6) is -0.0219. The van der Waals surface area contributed by atoms with Crippen LogP contribution in [0.5, 0.6) is 0 Å². The van der Waals surface area contributed by atoms with Gasteiger partial charge in [-0.25, -0.2) is 0 Å². The second-order valence-corrected chi connectivity index (χ2v) is 15.7. The molecular weight excluding hydrogens is 537 g/mol. The van der Waals surface area contributed by atoms with Crippen LogP contribution in [0.3, 0.4) is 0 Å². The summed E-state index contributed by atoms with van der Waals surface area (Å²) in [4.78, 5) is 14.2. The first-order valence-corrected chi connectivity index (χ1v) is 17.7. The van der Waals surface area contributed by atoms with E-state index in [0.717, 1.165) is 41.9 Å². The van der Waals surface area contributed by atoms with Gasteiger partial charge in [0.1, 0.15) is 0 Å². The van der Waals surface area contributed by atoms with Crippen LogP contribution in [0, 0.1) is 5.92 Å². The fourth-order valence-electron chi connectivity index (χ4n) is 6.61. The predicted molar refractivity (Wildman–Crippen MR) is 160 cm³/mol. The number of aliphatic hydroxyl groups excluding tert-OH is 1. The lowest BCUT2D eigenvalue weighted by atomic mass is 9.95. The van der Waals surface area contributed by atoms with Crippen LogP contribution in [-0.4, -0.2) is 72.9 Å². The molecule has 2 fully saturated rings. The lowest BCUT2D eigenvalue weighted by Gasteiger charge is -2.28. The van der Waals surface area contributed by atoms with Crippen molar-refractivity contribution in [2.24, 2.45) is 5.92 Å². The lowest BCUT2D eigenvalue weighted by Crippen LogP contribution is -2.48. The molecule has 0 bridgehead atoms. The van der Waals surface area contributed by atoms with Gasteiger partial charge in [-0.2, -0.15) is 0 Å². The molecule has 10 heteroatoms. The first-order chi connectivity index (χ1) is 19.7. The fraction of sp³-hybridized carbons (Fsp3) is 0.516. The first kappa shape index (κ1) is 29.6. The summed E-state index contributed by atoms with van der Waals surface area (Å²) in [6, 6.07) is 18.0. The zero-order chi connectivity index (χ0) is 29.0. The summed E-state index contributed by atoms with van der Waals surface area (Å²) in [6.07, 6.45) is 3.95. The van der Waals surface area contributed by atoms with Gasteiger partial charge in [-0.1, -0.05) is 54.6 Å². The van der Waals surface area contributed by atoms with Gasteiger partial charge in [-0.15, -0.1) is 5.10 Å². The van der Waals surface area contributed by atoms with E-state index in [2.05, 4.69) is 34.7 Å². The lowest BCUT2D eigenvalue weighted by molar-refractivity contribution is -0.118. The Bertz CT molecular complexity index is 1300. The highest BCUT2D eigenvalue weighted by atomic mass is 28.4. The average molecular weight is 580 g/mol. The van der Waals surface area contributed by atoms with E-state index in [0.29, 0.717) is 26.1 Å². The summed E-state index contributed by atoms with van der Waals surface area (Å²) >= 11 is 0. The SMILES string of the molecule is C[C@H]1[C@H]([Si](C)(C)F)[C@@H](CCn2cc(C(CO)c3ccccc3)nn2)O[C@H]1CCc1cccc(N2CCNCC2=O)c1. The van der Waals surface area contributed by atoms with Crippen molar-refractivity contribution in [1.29, 1.82) is 0 Å². The predicted octanol–water partition coefficient (Wildman–Crippen LogP) is 4.31. The molecule has 0 saturated carbocycles. The number of nitrogens with one attached hydrogen (secondary N) is 1. The van der Waals surface area contributed by atoms with Gasteiger partial charge < -0.3 is 24.2 Å². The quantitative estimate of drug-likeness (QED) is 0.260. The molecule has 8 nitrogen and oxygen atoms in total. The minimum absolute atomic E-state index is 0.0276. The first-order valence-electron chi connectivity index (χ1n) is 14.7. The second kappa shape index (κ2) is 12.9. The summed E-state index contributed by atoms with van der Waals surface area (Å²) in [5, 5.41) is 21.8. The Labute approximate surface area is 243 Å². The molecule has 41 heavy (non-hydrogen) atoms. The van der Waals surface area contributed by atoms with Crippen molar-refractivity contribution in [3.8, 4) is 0 Å². The van der Waals surface area contributed by atoms with E-state index in [1.165, 1.54) is 0 Å². The summed E-state index contributed by atoms with van der Waals surface area (Å²) in [6.45, 7) is 8.08. The third kappa shape index (κ3) is 6.94. The van der Waals surface area contributed by atoms with Crippen molar-refractivity contribution in [2.75, 3.05) is 31.1 Å². The molecule has 1 amide bonds. The summed E-state index contributed by atoms with van der Waals surface area (Å²) < 4.78 is 24.0. The molecule has 0 aliphatic carbocycles. The molecule has 3 heterocycles. The molecule has 2 aliphatic rings. The van der Waals surface area contributed by atoms with Gasteiger partial charge in [0.2, 0.25) is 14.3 Å². The molecule has 1 unspecified atom stereocenters. The number of hydrogen-bond acceptors (Lipinski definition) is 6. The number of nitrogens with zero attached hydrogens (tertiary/aromatic N) is 4. The number of aryl methyl sites for hydroxylation is 2. The number of carbonyl (C=O) groups excluding carboxylic acids is 1. The molecular formula is C31H42FN5O3Si. The van der Waals surface area contributed by atoms with Crippen LogP contribution in [0.25, 0.3) is 0 Å². The van der Waals surface area contributed by atoms with Crippen LogP contribution < -0.4 is 10.2 Å². The normalized spacial score (nSPS) is 24.1. The molecule has 2 aliphatic heterocycles. The minimum Gasteiger partial charge on any atom is -0.395 e. The maximum Gasteiger partial charge on any atom is 0.246 e. The van der Waals surface area contributed by atoms with E-state index >= 15 is 4.11 Å². The molecule has 0 radical (unpaired) electrons. The van der Waals surface area contributed by atoms with Gasteiger partial charge in [-0.3, -0.25) is 9.48 Å². The number of amides is 1. The highest BCUT2D eigenvalue weighted by molar-refractivity contribution is 6.72. The van der Waals surface area contributed by atoms with E-state index in [1.54, 1.807) is 17.8 Å². The van der Waals surface area contributed by atoms with Gasteiger partial charge in [0, 0.05) is 37.1 Å². The number of anilines is 1. The van der Waals surface area contributed by atoms with Crippen LogP contribution in [0.4, 0.5) is 9.80 Å². The van der Waals surface area contributed by atoms with Gasteiger partial charge >= 0.3 is 0 Å². The molecule has 5 rings (SSSR count). The second-order valence-electron chi connectivity index (χ2n) is 11.9. The maximum absolute atomic E-state index is 15.6. The van der Waals surface area contributed by atoms with Crippen molar-refractivity contribution in [3.63, 3.8) is 0 Å². The number of piperazine rings is 1. The zero-order valence-electron chi connectivity index (χ0n) is 24.2. The Morgan fingerprint density at radius 2 is 1.95 bits per heavy atom. The maximum atomic E-state index is 15.6. The molecule has 220 valence electrons. The number of rotatable bonds is 11. The Balaban J connectivity index is 1.22. The topological polar surface area (TPSA) is 92.5 Å². The van der Waals surface area contributed by atoms with Gasteiger partial charge in [0.15, 0.2) is 0 Å². The van der Waals surface area contributed by atoms with Crippen LogP contribution in [0.15, 0.2) is 60.8 Å². The minimum atomic E-state index is -2.99. The highest BCUT2D eigenvalue weighted by Gasteiger charge is 2.50. The number of aliphatic hydroxyl groups is 1. The van der Waals surface area contributed by atoms with Crippen LogP contribution >= 0.6 is 0 Å². The van der Waals surface area contributed by atoms with Crippen molar-refractivity contribution >= 4 is 20.0 Å². The number of halogens is 1. The number of aromatic nitrogens is 3. The molecule has 0 spiro atoms. The van der Waals surface area contributed by atoms with Crippen LogP contribution in [0.2, 0.25) is 18.6 Å². The van der Waals surface area contributed by atoms with Crippen molar-refractivity contribution < 1.29 is 18.7 Å². The Kier molecular flexibility index (Phi) is 9.33. The van der Waals surface area contributed by atoms with Gasteiger partial charge in [0.25, 0.3) is 0 Å². The van der Waals surface area contributed by atoms with Crippen LogP contribution in [0.1, 0.15) is 42.5 Å². The van der Waals surface area contributed by atoms with E-state index in [1.807, 2.05) is 53.6 Å². The van der Waals surface area contributed by atoms with Crippen molar-refractivity contribution in [2.45, 2.75) is 69.5 Å². The molecule has 2 aromatic carbocycles. The van der Waals surface area contributed by atoms with Crippen molar-refractivity contribution in [1.82, 2.24) is 20.3 Å². The van der Waals surface area contributed by atoms with E-state index in [9.17, 15) is 9.90 Å². The molecule has 5 atom stereocenters. The molecule has 2 N–H and O–H groups in total. The van der Waals surface area contributed by atoms with Gasteiger partial charge in [-0.05, 0) is 61.5 Å². The third-order valence-electron chi connectivity index (χ3n) is 8.67. The number of hydrogen-bond donors (Lipinski definition) is 2. The summed E-state index contributed by atoms with van der Waals surface area (Å²) in [7, 11) is -2.99. The number of ether oxygens (including phenoxy) is 1. The van der Waals surface area contributed by atoms with Crippen molar-refractivity contribution in [3.05, 3.63) is 77.6 Å². The van der Waals surface area contributed by atoms with Crippen LogP contribution in [-0.2, 0) is 22.5 Å². The summed E-state index contributed by atoms with van der Waals surface area (Å²) in [5.41, 5.74) is 3.71. The largest absolute Gasteiger partial charge is 0.395 e. The fourth-order valence-corrected chi connectivity index (χ4v) is 9.21. The Morgan fingerprint density at radius 1 is 1.15 bits per heavy atom. The van der Waals surface area contributed by atoms with E-state index in [4.69, 9.17) is 4.74 Å². The zero-order valence-corrected chi connectivity index (χ0v) is 25.2. The van der Waals surface area contributed by atoms with E-state index < -0.39 is 8.41 Å². The van der Waals surface area contributed by atoms with Gasteiger partial charge in [0.05, 0.1) is 37.0 Å². The molecule has 3 aromatic rings.